The van der Waals surface area contributed by atoms with Crippen LogP contribution in [0.1, 0.15) is 18.1 Å². The molecule has 0 fully saturated rings. The second-order valence-corrected chi connectivity index (χ2v) is 5.57. The van der Waals surface area contributed by atoms with Gasteiger partial charge in [0, 0.05) is 12.5 Å². The van der Waals surface area contributed by atoms with E-state index in [1.54, 1.807) is 48.5 Å². The first-order valence-corrected chi connectivity index (χ1v) is 7.79. The fourth-order valence-electron chi connectivity index (χ4n) is 2.55. The van der Waals surface area contributed by atoms with Crippen molar-refractivity contribution < 1.29 is 28.5 Å². The van der Waals surface area contributed by atoms with Gasteiger partial charge in [0.05, 0.1) is 0 Å². The fourth-order valence-corrected chi connectivity index (χ4v) is 2.55. The van der Waals surface area contributed by atoms with E-state index in [0.29, 0.717) is 28.4 Å². The molecule has 26 heavy (non-hydrogen) atoms. The third-order valence-corrected chi connectivity index (χ3v) is 3.66. The quantitative estimate of drug-likeness (QED) is 0.480. The largest absolute Gasteiger partial charge is 0.454 e. The molecule has 0 unspecified atom stereocenters. The number of esters is 2. The zero-order valence-electron chi connectivity index (χ0n) is 13.7. The third-order valence-electron chi connectivity index (χ3n) is 3.66. The lowest BCUT2D eigenvalue weighted by Crippen LogP contribution is -2.05. The van der Waals surface area contributed by atoms with Gasteiger partial charge in [-0.3, -0.25) is 4.79 Å². The van der Waals surface area contributed by atoms with Crippen molar-refractivity contribution in [2.45, 2.75) is 6.92 Å². The van der Waals surface area contributed by atoms with E-state index in [4.69, 9.17) is 18.9 Å². The van der Waals surface area contributed by atoms with Gasteiger partial charge in [0.15, 0.2) is 17.2 Å². The van der Waals surface area contributed by atoms with Gasteiger partial charge in [-0.05, 0) is 42.0 Å². The first-order chi connectivity index (χ1) is 12.6. The van der Waals surface area contributed by atoms with E-state index in [2.05, 4.69) is 4.99 Å². The normalized spacial score (nSPS) is 16.4. The summed E-state index contributed by atoms with van der Waals surface area (Å²) in [4.78, 5) is 27.4. The lowest BCUT2D eigenvalue weighted by molar-refractivity contribution is -0.132. The molecule has 2 heterocycles. The summed E-state index contributed by atoms with van der Waals surface area (Å²) in [7, 11) is 0. The van der Waals surface area contributed by atoms with Crippen LogP contribution in [0.2, 0.25) is 0 Å². The van der Waals surface area contributed by atoms with Crippen molar-refractivity contribution in [2.24, 2.45) is 4.99 Å². The number of fused-ring (bicyclic) bond motifs is 1. The molecule has 4 rings (SSSR count). The molecule has 2 aliphatic rings. The third kappa shape index (κ3) is 3.14. The minimum Gasteiger partial charge on any atom is -0.454 e. The molecule has 7 heteroatoms. The SMILES string of the molecule is CC(=O)Oc1cccc(/C=C2\N=C(c3ccc4c(c3)OCO4)OC2=O)c1. The first kappa shape index (κ1) is 15.9. The van der Waals surface area contributed by atoms with Crippen LogP contribution in [-0.2, 0) is 14.3 Å². The smallest absolute Gasteiger partial charge is 0.363 e. The van der Waals surface area contributed by atoms with Crippen molar-refractivity contribution in [3.8, 4) is 17.2 Å². The number of carbonyl (C=O) groups excluding carboxylic acids is 2. The van der Waals surface area contributed by atoms with E-state index in [0.717, 1.165) is 0 Å². The lowest BCUT2D eigenvalue weighted by Gasteiger charge is -2.01. The second kappa shape index (κ2) is 6.36. The van der Waals surface area contributed by atoms with Crippen LogP contribution in [-0.4, -0.2) is 24.6 Å². The summed E-state index contributed by atoms with van der Waals surface area (Å²) < 4.78 is 20.9. The predicted molar refractivity (Wildman–Crippen MR) is 90.9 cm³/mol. The van der Waals surface area contributed by atoms with E-state index in [-0.39, 0.29) is 18.4 Å². The van der Waals surface area contributed by atoms with Gasteiger partial charge >= 0.3 is 11.9 Å². The molecule has 0 saturated carbocycles. The molecule has 0 N–H and O–H groups in total. The molecule has 130 valence electrons. The Hall–Kier alpha value is -3.61. The summed E-state index contributed by atoms with van der Waals surface area (Å²) in [5, 5.41) is 0. The van der Waals surface area contributed by atoms with Crippen molar-refractivity contribution in [3.05, 3.63) is 59.3 Å². The van der Waals surface area contributed by atoms with Gasteiger partial charge in [-0.15, -0.1) is 0 Å². The van der Waals surface area contributed by atoms with Gasteiger partial charge in [0.2, 0.25) is 12.7 Å². The molecule has 0 bridgehead atoms. The molecule has 0 spiro atoms. The van der Waals surface area contributed by atoms with E-state index >= 15 is 0 Å². The molecule has 2 aromatic carbocycles. The number of nitrogens with zero attached hydrogens (tertiary/aromatic N) is 1. The van der Waals surface area contributed by atoms with Crippen LogP contribution in [0.3, 0.4) is 0 Å². The number of hydrogen-bond acceptors (Lipinski definition) is 7. The Morgan fingerprint density at radius 2 is 2.00 bits per heavy atom. The van der Waals surface area contributed by atoms with Crippen LogP contribution in [0.4, 0.5) is 0 Å². The van der Waals surface area contributed by atoms with Gasteiger partial charge in [0.25, 0.3) is 0 Å². The number of aliphatic imine (C=N–C) groups is 1. The number of carbonyl (C=O) groups is 2. The van der Waals surface area contributed by atoms with Crippen molar-refractivity contribution in [1.82, 2.24) is 0 Å². The molecule has 0 radical (unpaired) electrons. The zero-order chi connectivity index (χ0) is 18.1. The van der Waals surface area contributed by atoms with Gasteiger partial charge in [-0.25, -0.2) is 9.79 Å². The molecule has 0 aromatic heterocycles. The number of rotatable bonds is 3. The van der Waals surface area contributed by atoms with Crippen LogP contribution in [0.25, 0.3) is 6.08 Å². The Kier molecular flexibility index (Phi) is 3.89. The average molecular weight is 351 g/mol. The molecule has 2 aromatic rings. The highest BCUT2D eigenvalue weighted by Gasteiger charge is 2.25. The van der Waals surface area contributed by atoms with Crippen LogP contribution in [0.15, 0.2) is 53.2 Å². The van der Waals surface area contributed by atoms with Gasteiger partial charge in [-0.1, -0.05) is 12.1 Å². The maximum absolute atomic E-state index is 12.1. The van der Waals surface area contributed by atoms with Gasteiger partial charge < -0.3 is 18.9 Å². The Labute approximate surface area is 148 Å². The van der Waals surface area contributed by atoms with E-state index in [1.807, 2.05) is 0 Å². The minimum absolute atomic E-state index is 0.151. The fraction of sp³-hybridized carbons (Fsp3) is 0.105. The zero-order valence-corrected chi connectivity index (χ0v) is 13.7. The van der Waals surface area contributed by atoms with Gasteiger partial charge in [0.1, 0.15) is 5.75 Å². The summed E-state index contributed by atoms with van der Waals surface area (Å²) in [5.74, 6) is 0.812. The molecular formula is C19H13NO6. The van der Waals surface area contributed by atoms with Crippen molar-refractivity contribution in [2.75, 3.05) is 6.79 Å². The maximum Gasteiger partial charge on any atom is 0.363 e. The van der Waals surface area contributed by atoms with Crippen LogP contribution < -0.4 is 14.2 Å². The Balaban J connectivity index is 1.62. The first-order valence-electron chi connectivity index (χ1n) is 7.79. The molecular weight excluding hydrogens is 338 g/mol. The van der Waals surface area contributed by atoms with Crippen LogP contribution >= 0.6 is 0 Å². The number of ether oxygens (including phenoxy) is 4. The summed E-state index contributed by atoms with van der Waals surface area (Å²) >= 11 is 0. The average Bonchev–Trinajstić information content (AvgIpc) is 3.21. The minimum atomic E-state index is -0.560. The molecule has 2 aliphatic heterocycles. The van der Waals surface area contributed by atoms with Crippen LogP contribution in [0.5, 0.6) is 17.2 Å². The summed E-state index contributed by atoms with van der Waals surface area (Å²) in [6.07, 6.45) is 1.56. The summed E-state index contributed by atoms with van der Waals surface area (Å²) in [6.45, 7) is 1.48. The highest BCUT2D eigenvalue weighted by Crippen LogP contribution is 2.33. The Morgan fingerprint density at radius 1 is 1.15 bits per heavy atom. The highest BCUT2D eigenvalue weighted by atomic mass is 16.7. The monoisotopic (exact) mass is 351 g/mol. The highest BCUT2D eigenvalue weighted by molar-refractivity contribution is 6.13. The van der Waals surface area contributed by atoms with Crippen molar-refractivity contribution >= 4 is 23.9 Å². The standard InChI is InChI=1S/C19H13NO6/c1-11(21)25-14-4-2-3-12(7-14)8-15-19(22)26-18(20-15)13-5-6-16-17(9-13)24-10-23-16/h2-9H,10H2,1H3/b15-8-. The van der Waals surface area contributed by atoms with Crippen molar-refractivity contribution in [1.29, 1.82) is 0 Å². The van der Waals surface area contributed by atoms with Crippen LogP contribution in [0, 0.1) is 0 Å². The number of hydrogen-bond donors (Lipinski definition) is 0. The second-order valence-electron chi connectivity index (χ2n) is 5.57. The number of cyclic esters (lactones) is 1. The number of benzene rings is 2. The Morgan fingerprint density at radius 3 is 2.85 bits per heavy atom. The van der Waals surface area contributed by atoms with E-state index < -0.39 is 11.9 Å². The summed E-state index contributed by atoms with van der Waals surface area (Å²) in [6, 6.07) is 11.9. The summed E-state index contributed by atoms with van der Waals surface area (Å²) in [5.41, 5.74) is 1.42. The molecule has 0 atom stereocenters. The maximum atomic E-state index is 12.1. The predicted octanol–water partition coefficient (Wildman–Crippen LogP) is 2.69. The van der Waals surface area contributed by atoms with E-state index in [1.165, 1.54) is 6.92 Å². The molecule has 7 nitrogen and oxygen atoms in total. The Bertz CT molecular complexity index is 976. The van der Waals surface area contributed by atoms with Gasteiger partial charge in [-0.2, -0.15) is 0 Å². The lowest BCUT2D eigenvalue weighted by atomic mass is 10.2. The molecule has 0 aliphatic carbocycles. The topological polar surface area (TPSA) is 83.4 Å². The molecule has 0 amide bonds. The molecule has 0 saturated heterocycles. The van der Waals surface area contributed by atoms with Crippen molar-refractivity contribution in [3.63, 3.8) is 0 Å². The van der Waals surface area contributed by atoms with E-state index in [9.17, 15) is 9.59 Å².